The Hall–Kier alpha value is -2.67. The van der Waals surface area contributed by atoms with Crippen molar-refractivity contribution in [3.8, 4) is 5.69 Å². The van der Waals surface area contributed by atoms with E-state index in [2.05, 4.69) is 10.3 Å². The number of thioether (sulfide) groups is 1. The van der Waals surface area contributed by atoms with Crippen molar-refractivity contribution in [2.75, 3.05) is 5.75 Å². The Morgan fingerprint density at radius 1 is 1.31 bits per heavy atom. The molecule has 1 amide bonds. The largest absolute Gasteiger partial charge is 0.353 e. The van der Waals surface area contributed by atoms with E-state index in [1.165, 1.54) is 22.4 Å². The fourth-order valence-corrected chi connectivity index (χ4v) is 4.12. The molecule has 5 nitrogen and oxygen atoms in total. The van der Waals surface area contributed by atoms with E-state index in [0.29, 0.717) is 33.2 Å². The lowest BCUT2D eigenvalue weighted by molar-refractivity contribution is -0.119. The number of rotatable bonds is 6. The van der Waals surface area contributed by atoms with Gasteiger partial charge in [0.05, 0.1) is 22.3 Å². The monoisotopic (exact) mass is 411 g/mol. The molecule has 4 rings (SSSR count). The minimum absolute atomic E-state index is 0.0987. The van der Waals surface area contributed by atoms with Gasteiger partial charge in [-0.1, -0.05) is 30.0 Å². The van der Waals surface area contributed by atoms with Crippen molar-refractivity contribution in [1.29, 1.82) is 0 Å². The molecule has 7 heteroatoms. The van der Waals surface area contributed by atoms with Gasteiger partial charge >= 0.3 is 0 Å². The number of fused-ring (bicyclic) bond motifs is 1. The van der Waals surface area contributed by atoms with Crippen molar-refractivity contribution in [2.45, 2.75) is 37.9 Å². The van der Waals surface area contributed by atoms with E-state index in [9.17, 15) is 14.0 Å². The van der Waals surface area contributed by atoms with Crippen LogP contribution in [0.25, 0.3) is 16.6 Å². The fraction of sp³-hybridized carbons (Fsp3) is 0.318. The summed E-state index contributed by atoms with van der Waals surface area (Å²) in [5.41, 5.74) is 1.16. The molecule has 0 spiro atoms. The number of nitrogens with zero attached hydrogens (tertiary/aromatic N) is 2. The number of para-hydroxylation sites is 1. The number of aryl methyl sites for hydroxylation is 1. The molecule has 1 aliphatic carbocycles. The Bertz CT molecular complexity index is 1140. The summed E-state index contributed by atoms with van der Waals surface area (Å²) in [5.74, 6) is 0.209. The average Bonchev–Trinajstić information content (AvgIpc) is 3.54. The molecular formula is C22H22FN3O2S. The van der Waals surface area contributed by atoms with Crippen LogP contribution in [0.3, 0.4) is 0 Å². The number of carbonyl (C=O) groups excluding carboxylic acids is 1. The van der Waals surface area contributed by atoms with Crippen LogP contribution in [0.4, 0.5) is 4.39 Å². The Balaban J connectivity index is 1.70. The number of nitrogens with one attached hydrogen (secondary N) is 1. The highest BCUT2D eigenvalue weighted by molar-refractivity contribution is 7.99. The second-order valence-electron chi connectivity index (χ2n) is 7.47. The van der Waals surface area contributed by atoms with Crippen molar-refractivity contribution < 1.29 is 9.18 Å². The van der Waals surface area contributed by atoms with Crippen LogP contribution in [-0.2, 0) is 4.79 Å². The van der Waals surface area contributed by atoms with Crippen molar-refractivity contribution in [3.05, 3.63) is 64.2 Å². The fourth-order valence-electron chi connectivity index (χ4n) is 3.30. The molecule has 1 N–H and O–H groups in total. The molecule has 1 unspecified atom stereocenters. The predicted molar refractivity (Wildman–Crippen MR) is 113 cm³/mol. The van der Waals surface area contributed by atoms with E-state index in [-0.39, 0.29) is 23.3 Å². The number of hydrogen-bond acceptors (Lipinski definition) is 4. The quantitative estimate of drug-likeness (QED) is 0.494. The lowest BCUT2D eigenvalue weighted by atomic mass is 10.2. The van der Waals surface area contributed by atoms with E-state index >= 15 is 0 Å². The van der Waals surface area contributed by atoms with E-state index in [1.54, 1.807) is 37.3 Å². The van der Waals surface area contributed by atoms with E-state index in [4.69, 9.17) is 0 Å². The first-order valence-electron chi connectivity index (χ1n) is 9.64. The smallest absolute Gasteiger partial charge is 0.266 e. The third kappa shape index (κ3) is 4.19. The molecule has 0 radical (unpaired) electrons. The van der Waals surface area contributed by atoms with Crippen LogP contribution in [0.2, 0.25) is 0 Å². The summed E-state index contributed by atoms with van der Waals surface area (Å²) in [7, 11) is 0. The topological polar surface area (TPSA) is 64.0 Å². The highest BCUT2D eigenvalue weighted by atomic mass is 32.2. The summed E-state index contributed by atoms with van der Waals surface area (Å²) in [4.78, 5) is 30.1. The summed E-state index contributed by atoms with van der Waals surface area (Å²) in [6.07, 6.45) is 2.30. The van der Waals surface area contributed by atoms with Crippen molar-refractivity contribution in [3.63, 3.8) is 0 Å². The summed E-state index contributed by atoms with van der Waals surface area (Å²) >= 11 is 1.18. The van der Waals surface area contributed by atoms with Gasteiger partial charge in [-0.15, -0.1) is 0 Å². The zero-order chi connectivity index (χ0) is 20.5. The maximum absolute atomic E-state index is 14.2. The number of aromatic nitrogens is 2. The van der Waals surface area contributed by atoms with Crippen LogP contribution in [0.15, 0.2) is 52.4 Å². The molecule has 1 fully saturated rings. The lowest BCUT2D eigenvalue weighted by Crippen LogP contribution is -2.35. The lowest BCUT2D eigenvalue weighted by Gasteiger charge is -2.15. The third-order valence-electron chi connectivity index (χ3n) is 5.21. The standard InChI is InChI=1S/C22H22FN3O2S/c1-13-7-10-16(11-18(13)23)26-21(28)17-5-3-4-6-19(17)25-22(26)29-12-20(27)24-14(2)15-8-9-15/h3-7,10-11,14-15H,8-9,12H2,1-2H3,(H,24,27). The van der Waals surface area contributed by atoms with E-state index in [0.717, 1.165) is 12.8 Å². The molecule has 29 heavy (non-hydrogen) atoms. The Labute approximate surface area is 172 Å². The summed E-state index contributed by atoms with van der Waals surface area (Å²) in [5, 5.41) is 3.82. The third-order valence-corrected chi connectivity index (χ3v) is 6.15. The highest BCUT2D eigenvalue weighted by Gasteiger charge is 2.29. The second kappa shape index (κ2) is 7.99. The van der Waals surface area contributed by atoms with Gasteiger partial charge in [0.2, 0.25) is 5.91 Å². The highest BCUT2D eigenvalue weighted by Crippen LogP contribution is 2.32. The van der Waals surface area contributed by atoms with Crippen molar-refractivity contribution >= 4 is 28.6 Å². The predicted octanol–water partition coefficient (Wildman–Crippen LogP) is 3.84. The van der Waals surface area contributed by atoms with Gasteiger partial charge in [0.15, 0.2) is 5.16 Å². The number of hydrogen-bond donors (Lipinski definition) is 1. The van der Waals surface area contributed by atoms with Crippen molar-refractivity contribution in [2.24, 2.45) is 5.92 Å². The van der Waals surface area contributed by atoms with Gasteiger partial charge in [-0.2, -0.15) is 0 Å². The number of amides is 1. The zero-order valence-corrected chi connectivity index (χ0v) is 17.1. The molecule has 3 aromatic rings. The van der Waals surface area contributed by atoms with E-state index in [1.807, 2.05) is 13.0 Å². The maximum Gasteiger partial charge on any atom is 0.266 e. The molecule has 1 aliphatic rings. The van der Waals surface area contributed by atoms with Gasteiger partial charge in [0.1, 0.15) is 5.82 Å². The molecule has 1 atom stereocenters. The SMILES string of the molecule is Cc1ccc(-n2c(SCC(=O)NC(C)C3CC3)nc3ccccc3c2=O)cc1F. The molecule has 0 aliphatic heterocycles. The summed E-state index contributed by atoms with van der Waals surface area (Å²) in [6.45, 7) is 3.68. The van der Waals surface area contributed by atoms with Crippen LogP contribution in [0, 0.1) is 18.7 Å². The molecule has 150 valence electrons. The normalized spacial score (nSPS) is 14.7. The first kappa shape index (κ1) is 19.6. The Morgan fingerprint density at radius 2 is 2.07 bits per heavy atom. The number of halogens is 1. The Morgan fingerprint density at radius 3 is 2.79 bits per heavy atom. The van der Waals surface area contributed by atoms with Gasteiger partial charge < -0.3 is 5.32 Å². The molecule has 1 saturated carbocycles. The zero-order valence-electron chi connectivity index (χ0n) is 16.3. The number of benzene rings is 2. The maximum atomic E-state index is 14.2. The van der Waals surface area contributed by atoms with E-state index < -0.39 is 5.82 Å². The van der Waals surface area contributed by atoms with Gasteiger partial charge in [-0.25, -0.2) is 9.37 Å². The molecular weight excluding hydrogens is 389 g/mol. The summed E-state index contributed by atoms with van der Waals surface area (Å²) < 4.78 is 15.6. The molecule has 0 bridgehead atoms. The van der Waals surface area contributed by atoms with Crippen LogP contribution < -0.4 is 10.9 Å². The van der Waals surface area contributed by atoms with Crippen LogP contribution >= 0.6 is 11.8 Å². The number of carbonyl (C=O) groups is 1. The average molecular weight is 412 g/mol. The minimum Gasteiger partial charge on any atom is -0.353 e. The van der Waals surface area contributed by atoms with Crippen LogP contribution in [0.5, 0.6) is 0 Å². The molecule has 1 heterocycles. The minimum atomic E-state index is -0.394. The van der Waals surface area contributed by atoms with Crippen molar-refractivity contribution in [1.82, 2.24) is 14.9 Å². The van der Waals surface area contributed by atoms with Gasteiger partial charge in [0, 0.05) is 6.04 Å². The summed E-state index contributed by atoms with van der Waals surface area (Å²) in [6, 6.07) is 11.8. The van der Waals surface area contributed by atoms with Gasteiger partial charge in [-0.3, -0.25) is 14.2 Å². The molecule has 1 aromatic heterocycles. The van der Waals surface area contributed by atoms with Crippen LogP contribution in [-0.4, -0.2) is 27.3 Å². The molecule has 0 saturated heterocycles. The first-order valence-corrected chi connectivity index (χ1v) is 10.6. The first-order chi connectivity index (χ1) is 13.9. The molecule has 2 aromatic carbocycles. The Kier molecular flexibility index (Phi) is 5.41. The van der Waals surface area contributed by atoms with Gasteiger partial charge in [-0.05, 0) is 62.4 Å². The second-order valence-corrected chi connectivity index (χ2v) is 8.41. The van der Waals surface area contributed by atoms with Crippen LogP contribution in [0.1, 0.15) is 25.3 Å². The van der Waals surface area contributed by atoms with Gasteiger partial charge in [0.25, 0.3) is 5.56 Å².